The number of H-pyrrole nitrogens is 1. The van der Waals surface area contributed by atoms with Crippen LogP contribution in [-0.4, -0.2) is 4.98 Å². The average molecular weight is 358 g/mol. The zero-order valence-corrected chi connectivity index (χ0v) is 15.1. The van der Waals surface area contributed by atoms with Crippen molar-refractivity contribution in [1.82, 2.24) is 4.98 Å². The van der Waals surface area contributed by atoms with Crippen LogP contribution in [0.1, 0.15) is 50.7 Å². The Kier molecular flexibility index (Phi) is 4.87. The Labute approximate surface area is 141 Å². The van der Waals surface area contributed by atoms with E-state index in [1.807, 2.05) is 0 Å². The van der Waals surface area contributed by atoms with Crippen LogP contribution >= 0.6 is 15.9 Å². The summed E-state index contributed by atoms with van der Waals surface area (Å²) < 4.78 is 1.18. The number of aryl methyl sites for hydroxylation is 2. The monoisotopic (exact) mass is 357 g/mol. The molecule has 0 fully saturated rings. The van der Waals surface area contributed by atoms with Gasteiger partial charge in [-0.25, -0.2) is 0 Å². The summed E-state index contributed by atoms with van der Waals surface area (Å²) in [6, 6.07) is 11.5. The highest BCUT2D eigenvalue weighted by atomic mass is 79.9. The predicted molar refractivity (Wildman–Crippen MR) is 101 cm³/mol. The van der Waals surface area contributed by atoms with E-state index in [-0.39, 0.29) is 0 Å². The van der Waals surface area contributed by atoms with Crippen LogP contribution < -0.4 is 0 Å². The highest BCUT2D eigenvalue weighted by Gasteiger charge is 2.09. The molecule has 0 bridgehead atoms. The molecule has 0 aliphatic heterocycles. The van der Waals surface area contributed by atoms with Crippen LogP contribution in [0.15, 0.2) is 34.8 Å². The predicted octanol–water partition coefficient (Wildman–Crippen LogP) is 6.77. The van der Waals surface area contributed by atoms with Gasteiger partial charge in [-0.3, -0.25) is 0 Å². The summed E-state index contributed by atoms with van der Waals surface area (Å²) in [7, 11) is 0. The lowest BCUT2D eigenvalue weighted by molar-refractivity contribution is 0.795. The lowest BCUT2D eigenvalue weighted by Crippen LogP contribution is -1.86. The van der Waals surface area contributed by atoms with Gasteiger partial charge in [-0.05, 0) is 77.0 Å². The molecule has 0 saturated carbocycles. The van der Waals surface area contributed by atoms with Crippen LogP contribution in [0.3, 0.4) is 0 Å². The smallest absolute Gasteiger partial charge is 0.0609 e. The topological polar surface area (TPSA) is 15.8 Å². The Morgan fingerprint density at radius 1 is 0.864 bits per heavy atom. The van der Waals surface area contributed by atoms with E-state index in [1.54, 1.807) is 0 Å². The molecule has 0 unspecified atom stereocenters. The van der Waals surface area contributed by atoms with Crippen molar-refractivity contribution in [3.05, 3.63) is 45.9 Å². The van der Waals surface area contributed by atoms with Gasteiger partial charge < -0.3 is 4.98 Å². The molecule has 0 atom stereocenters. The molecule has 0 saturated heterocycles. The first-order chi connectivity index (χ1) is 10.7. The molecule has 0 aliphatic rings. The third-order valence-electron chi connectivity index (χ3n) is 4.42. The zero-order chi connectivity index (χ0) is 15.5. The number of aromatic nitrogens is 1. The molecule has 0 radical (unpaired) electrons. The van der Waals surface area contributed by atoms with Crippen LogP contribution in [0.5, 0.6) is 0 Å². The summed E-state index contributed by atoms with van der Waals surface area (Å²) in [5.74, 6) is 0. The molecule has 1 N–H and O–H groups in total. The number of unbranched alkanes of at least 4 members (excludes halogenated alkanes) is 2. The number of hydrogen-bond acceptors (Lipinski definition) is 0. The molecule has 2 aromatic carbocycles. The van der Waals surface area contributed by atoms with Gasteiger partial charge in [0.05, 0.1) is 5.52 Å². The van der Waals surface area contributed by atoms with Crippen molar-refractivity contribution in [1.29, 1.82) is 0 Å². The van der Waals surface area contributed by atoms with Gasteiger partial charge in [0.2, 0.25) is 0 Å². The van der Waals surface area contributed by atoms with E-state index in [1.165, 1.54) is 69.5 Å². The van der Waals surface area contributed by atoms with Gasteiger partial charge in [-0.1, -0.05) is 32.8 Å². The largest absolute Gasteiger partial charge is 0.354 e. The first-order valence-electron chi connectivity index (χ1n) is 8.45. The van der Waals surface area contributed by atoms with Gasteiger partial charge in [-0.2, -0.15) is 0 Å². The molecule has 22 heavy (non-hydrogen) atoms. The maximum absolute atomic E-state index is 3.75. The third kappa shape index (κ3) is 3.08. The lowest BCUT2D eigenvalue weighted by atomic mass is 10.0. The van der Waals surface area contributed by atoms with Gasteiger partial charge in [0.25, 0.3) is 0 Å². The van der Waals surface area contributed by atoms with E-state index in [0.29, 0.717) is 0 Å². The number of rotatable bonds is 6. The fourth-order valence-corrected chi connectivity index (χ4v) is 3.73. The van der Waals surface area contributed by atoms with Crippen molar-refractivity contribution < 1.29 is 0 Å². The lowest BCUT2D eigenvalue weighted by Gasteiger charge is -2.03. The number of hydrogen-bond donors (Lipinski definition) is 1. The second-order valence-electron chi connectivity index (χ2n) is 6.21. The minimum atomic E-state index is 1.16. The van der Waals surface area contributed by atoms with Crippen molar-refractivity contribution in [2.75, 3.05) is 0 Å². The summed E-state index contributed by atoms with van der Waals surface area (Å²) in [4.78, 5) is 3.57. The summed E-state index contributed by atoms with van der Waals surface area (Å²) in [5.41, 5.74) is 5.35. The SMILES string of the molecule is CCCCc1ccc2[nH]c3c(Br)cc(CCCC)cc3c2c1. The maximum Gasteiger partial charge on any atom is 0.0609 e. The van der Waals surface area contributed by atoms with Crippen LogP contribution in [0.25, 0.3) is 21.8 Å². The van der Waals surface area contributed by atoms with Crippen LogP contribution in [0.2, 0.25) is 0 Å². The Morgan fingerprint density at radius 2 is 1.55 bits per heavy atom. The molecular formula is C20H24BrN. The maximum atomic E-state index is 3.75. The quantitative estimate of drug-likeness (QED) is 0.500. The number of halogens is 1. The molecule has 1 aromatic heterocycles. The normalized spacial score (nSPS) is 11.6. The van der Waals surface area contributed by atoms with Gasteiger partial charge >= 0.3 is 0 Å². The van der Waals surface area contributed by atoms with Crippen LogP contribution in [0.4, 0.5) is 0 Å². The second kappa shape index (κ2) is 6.87. The summed E-state index contributed by atoms with van der Waals surface area (Å²) in [5, 5.41) is 2.72. The van der Waals surface area contributed by atoms with Gasteiger partial charge in [0.15, 0.2) is 0 Å². The van der Waals surface area contributed by atoms with Gasteiger partial charge in [0.1, 0.15) is 0 Å². The average Bonchev–Trinajstić information content (AvgIpc) is 2.89. The minimum Gasteiger partial charge on any atom is -0.354 e. The Bertz CT molecular complexity index is 785. The molecular weight excluding hydrogens is 334 g/mol. The molecule has 1 nitrogen and oxygen atoms in total. The molecule has 3 rings (SSSR count). The summed E-state index contributed by atoms with van der Waals surface area (Å²) >= 11 is 3.75. The summed E-state index contributed by atoms with van der Waals surface area (Å²) in [6.45, 7) is 4.50. The van der Waals surface area contributed by atoms with E-state index in [4.69, 9.17) is 0 Å². The van der Waals surface area contributed by atoms with Crippen LogP contribution in [0, 0.1) is 0 Å². The fraction of sp³-hybridized carbons (Fsp3) is 0.400. The van der Waals surface area contributed by atoms with Crippen LogP contribution in [-0.2, 0) is 12.8 Å². The number of nitrogens with one attached hydrogen (secondary N) is 1. The third-order valence-corrected chi connectivity index (χ3v) is 5.05. The number of benzene rings is 2. The zero-order valence-electron chi connectivity index (χ0n) is 13.5. The molecule has 3 aromatic rings. The molecule has 1 heterocycles. The van der Waals surface area contributed by atoms with Crippen molar-refractivity contribution >= 4 is 37.7 Å². The first kappa shape index (κ1) is 15.6. The minimum absolute atomic E-state index is 1.16. The Hall–Kier alpha value is -1.28. The van der Waals surface area contributed by atoms with Crippen molar-refractivity contribution in [3.8, 4) is 0 Å². The van der Waals surface area contributed by atoms with Crippen molar-refractivity contribution in [2.24, 2.45) is 0 Å². The number of fused-ring (bicyclic) bond motifs is 3. The van der Waals surface area contributed by atoms with Crippen molar-refractivity contribution in [3.63, 3.8) is 0 Å². The Balaban J connectivity index is 2.10. The summed E-state index contributed by atoms with van der Waals surface area (Å²) in [6.07, 6.45) is 7.34. The molecule has 0 amide bonds. The van der Waals surface area contributed by atoms with Gasteiger partial charge in [0, 0.05) is 20.8 Å². The standard InChI is InChI=1S/C20H24BrN/c1-3-5-7-14-9-10-19-16(11-14)17-12-15(8-6-4-2)13-18(21)20(17)22-19/h9-13,22H,3-8H2,1-2H3. The first-order valence-corrected chi connectivity index (χ1v) is 9.25. The highest BCUT2D eigenvalue weighted by Crippen LogP contribution is 2.33. The van der Waals surface area contributed by atoms with E-state index >= 15 is 0 Å². The van der Waals surface area contributed by atoms with E-state index in [9.17, 15) is 0 Å². The van der Waals surface area contributed by atoms with E-state index in [2.05, 4.69) is 65.1 Å². The molecule has 2 heteroatoms. The molecule has 0 aliphatic carbocycles. The highest BCUT2D eigenvalue weighted by molar-refractivity contribution is 9.10. The molecule has 0 spiro atoms. The van der Waals surface area contributed by atoms with Gasteiger partial charge in [-0.15, -0.1) is 0 Å². The molecule has 116 valence electrons. The number of aromatic amines is 1. The van der Waals surface area contributed by atoms with Crippen molar-refractivity contribution in [2.45, 2.75) is 52.4 Å². The van der Waals surface area contributed by atoms with E-state index < -0.39 is 0 Å². The van der Waals surface area contributed by atoms with E-state index in [0.717, 1.165) is 6.42 Å². The fourth-order valence-electron chi connectivity index (χ4n) is 3.12. The second-order valence-corrected chi connectivity index (χ2v) is 7.07. The Morgan fingerprint density at radius 3 is 2.27 bits per heavy atom.